The van der Waals surface area contributed by atoms with Gasteiger partial charge in [0.05, 0.1) is 0 Å². The van der Waals surface area contributed by atoms with Gasteiger partial charge in [-0.2, -0.15) is 0 Å². The van der Waals surface area contributed by atoms with Crippen LogP contribution in [0.2, 0.25) is 0 Å². The Hall–Kier alpha value is 0.953. The normalized spacial score (nSPS) is 9.29. The van der Waals surface area contributed by atoms with Gasteiger partial charge in [0.15, 0.2) is 0 Å². The van der Waals surface area contributed by atoms with Crippen molar-refractivity contribution >= 4 is 17.9 Å². The Labute approximate surface area is 54.1 Å². The van der Waals surface area contributed by atoms with Crippen molar-refractivity contribution in [3.05, 3.63) is 0 Å². The molecular weight excluding hydrogens is 192 g/mol. The Morgan fingerprint density at radius 1 is 1.29 bits per heavy atom. The molecule has 40 valence electrons. The van der Waals surface area contributed by atoms with Crippen molar-refractivity contribution in [2.24, 2.45) is 0 Å². The quantitative estimate of drug-likeness (QED) is 0.366. The van der Waals surface area contributed by atoms with Crippen molar-refractivity contribution in [3.8, 4) is 0 Å². The second-order valence-corrected chi connectivity index (χ2v) is 1.54. The molecule has 0 aromatic heterocycles. The molecule has 0 aliphatic heterocycles. The van der Waals surface area contributed by atoms with E-state index in [0.29, 0.717) is 0 Å². The van der Waals surface area contributed by atoms with Gasteiger partial charge in [0.2, 0.25) is 0 Å². The van der Waals surface area contributed by atoms with E-state index in [1.807, 2.05) is 0 Å². The summed E-state index contributed by atoms with van der Waals surface area (Å²) in [4.78, 5) is 21.6. The van der Waals surface area contributed by atoms with Crippen LogP contribution in [0.3, 0.4) is 0 Å². The van der Waals surface area contributed by atoms with Gasteiger partial charge in [0.1, 0.15) is 0 Å². The summed E-state index contributed by atoms with van der Waals surface area (Å²) in [7, 11) is -0.431. The Morgan fingerprint density at radius 3 is 1.29 bits per heavy atom. The van der Waals surface area contributed by atoms with Crippen LogP contribution in [0.4, 0.5) is 0 Å². The van der Waals surface area contributed by atoms with Gasteiger partial charge in [-0.1, -0.05) is 0 Å². The summed E-state index contributed by atoms with van der Waals surface area (Å²) in [5.41, 5.74) is 0. The fourth-order valence-electron chi connectivity index (χ4n) is 0. The van der Waals surface area contributed by atoms with Gasteiger partial charge in [-0.3, -0.25) is 0 Å². The molecule has 7 heteroatoms. The zero-order valence-corrected chi connectivity index (χ0v) is 7.99. The summed E-state index contributed by atoms with van der Waals surface area (Å²) >= 11 is 0.958. The maximum absolute atomic E-state index is 8.88. The first kappa shape index (κ1) is 10.8. The Bertz CT molecular complexity index is 67.5. The van der Waals surface area contributed by atoms with Crippen LogP contribution in [-0.4, -0.2) is 14.7 Å². The third kappa shape index (κ3) is 188. The van der Waals surface area contributed by atoms with Crippen molar-refractivity contribution in [1.29, 1.82) is 0 Å². The topological polar surface area (TPSA) is 77.8 Å². The van der Waals surface area contributed by atoms with Crippen molar-refractivity contribution in [2.75, 3.05) is 0 Å². The molecule has 0 aromatic carbocycles. The van der Waals surface area contributed by atoms with Gasteiger partial charge < -0.3 is 14.7 Å². The van der Waals surface area contributed by atoms with Gasteiger partial charge in [-0.15, -0.1) is 0 Å². The first-order valence-electron chi connectivity index (χ1n) is 1.07. The first-order chi connectivity index (χ1) is 3.00. The molecule has 0 aliphatic carbocycles. The Morgan fingerprint density at radius 2 is 1.29 bits per heavy atom. The third-order valence-electron chi connectivity index (χ3n) is 0. The fourth-order valence-corrected chi connectivity index (χ4v) is 0. The van der Waals surface area contributed by atoms with E-state index in [1.54, 1.807) is 0 Å². The minimum atomic E-state index is -4.64. The second-order valence-electron chi connectivity index (χ2n) is 0.513. The molecule has 0 saturated carbocycles. The number of hydrogen-bond acceptors (Lipinski definition) is 2. The van der Waals surface area contributed by atoms with Gasteiger partial charge >= 0.3 is 34.5 Å². The van der Waals surface area contributed by atoms with Crippen LogP contribution in [0.15, 0.2) is 0 Å². The molecule has 4 nitrogen and oxygen atoms in total. The van der Waals surface area contributed by atoms with Crippen molar-refractivity contribution in [3.63, 3.8) is 0 Å². The standard InChI is InChI=1S/H3O4P.S.Zn/c1-5(2,3)4;;/h(H3,1,2,3,4);;. The molecule has 7 heavy (non-hydrogen) atoms. The summed E-state index contributed by atoms with van der Waals surface area (Å²) in [5.74, 6) is 0. The average molecular weight is 195 g/mol. The van der Waals surface area contributed by atoms with Crippen LogP contribution >= 0.6 is 17.9 Å². The average Bonchev–Trinajstić information content (AvgIpc) is 1.36. The predicted octanol–water partition coefficient (Wildman–Crippen LogP) is -0.283. The van der Waals surface area contributed by atoms with E-state index in [0.717, 1.165) is 16.6 Å². The molecule has 0 heterocycles. The molecule has 0 aromatic rings. The molecular formula is H3O4PSZn. The van der Waals surface area contributed by atoms with E-state index >= 15 is 0 Å². The summed E-state index contributed by atoms with van der Waals surface area (Å²) in [6.45, 7) is 0. The van der Waals surface area contributed by atoms with Gasteiger partial charge in [0, 0.05) is 0 Å². The van der Waals surface area contributed by atoms with Crippen molar-refractivity contribution in [2.45, 2.75) is 0 Å². The molecule has 0 bridgehead atoms. The van der Waals surface area contributed by atoms with Gasteiger partial charge in [-0.25, -0.2) is 4.57 Å². The third-order valence-corrected chi connectivity index (χ3v) is 0. The molecule has 0 saturated heterocycles. The zero-order valence-electron chi connectivity index (χ0n) is 3.31. The summed E-state index contributed by atoms with van der Waals surface area (Å²) < 4.78 is 8.88. The van der Waals surface area contributed by atoms with Crippen molar-refractivity contribution < 1.29 is 35.8 Å². The molecule has 3 N–H and O–H groups in total. The van der Waals surface area contributed by atoms with Crippen LogP contribution < -0.4 is 0 Å². The Balaban J connectivity index is 0. The zero-order chi connectivity index (χ0) is 6.50. The molecule has 0 fully saturated rings. The molecule has 0 aliphatic rings. The fraction of sp³-hybridized carbons (Fsp3) is 0. The molecule has 0 atom stereocenters. The van der Waals surface area contributed by atoms with Gasteiger partial charge in [0.25, 0.3) is 0 Å². The van der Waals surface area contributed by atoms with Crippen LogP contribution in [0.25, 0.3) is 0 Å². The second kappa shape index (κ2) is 5.10. The predicted molar refractivity (Wildman–Crippen MR) is 21.9 cm³/mol. The van der Waals surface area contributed by atoms with E-state index in [4.69, 9.17) is 19.2 Å². The maximum atomic E-state index is 8.88. The van der Waals surface area contributed by atoms with Crippen LogP contribution in [-0.2, 0) is 21.1 Å². The van der Waals surface area contributed by atoms with E-state index in [1.165, 1.54) is 0 Å². The van der Waals surface area contributed by atoms with Crippen LogP contribution in [0.1, 0.15) is 0 Å². The Kier molecular flexibility index (Phi) is 7.90. The molecule has 0 rings (SSSR count). The summed E-state index contributed by atoms with van der Waals surface area (Å²) in [6, 6.07) is 0. The number of phosphoric acid groups is 1. The van der Waals surface area contributed by atoms with Crippen molar-refractivity contribution in [1.82, 2.24) is 0 Å². The molecule has 0 unspecified atom stereocenters. The molecule has 0 radical (unpaired) electrons. The molecule has 0 amide bonds. The van der Waals surface area contributed by atoms with E-state index in [-0.39, 0.29) is 0 Å². The number of rotatable bonds is 0. The summed E-state index contributed by atoms with van der Waals surface area (Å²) in [5, 5.41) is 0. The summed E-state index contributed by atoms with van der Waals surface area (Å²) in [6.07, 6.45) is 0. The van der Waals surface area contributed by atoms with E-state index in [9.17, 15) is 0 Å². The monoisotopic (exact) mass is 194 g/mol. The number of hydrogen-bond donors (Lipinski definition) is 3. The van der Waals surface area contributed by atoms with E-state index < -0.39 is 7.82 Å². The SMILES string of the molecule is O=P(O)(O)O.[S]=[Zn]. The van der Waals surface area contributed by atoms with E-state index in [2.05, 4.69) is 10.1 Å². The minimum absolute atomic E-state index is 0.958. The van der Waals surface area contributed by atoms with Crippen LogP contribution in [0.5, 0.6) is 0 Å². The molecule has 0 spiro atoms. The first-order valence-corrected chi connectivity index (χ1v) is 6.85. The van der Waals surface area contributed by atoms with Crippen LogP contribution in [0, 0.1) is 0 Å². The van der Waals surface area contributed by atoms with Gasteiger partial charge in [-0.05, 0) is 0 Å².